The van der Waals surface area contributed by atoms with Crippen molar-refractivity contribution < 1.29 is 41.7 Å². The van der Waals surface area contributed by atoms with E-state index in [4.69, 9.17) is 18.6 Å². The molecular weight excluding hydrogens is 683 g/mol. The molecule has 16 heteroatoms. The number of halogens is 3. The van der Waals surface area contributed by atoms with Crippen molar-refractivity contribution in [2.45, 2.75) is 57.4 Å². The summed E-state index contributed by atoms with van der Waals surface area (Å²) in [6, 6.07) is 3.13. The molecule has 1 spiro atoms. The number of pyridine rings is 1. The summed E-state index contributed by atoms with van der Waals surface area (Å²) in [5.74, 6) is 3.88. The zero-order valence-electron chi connectivity index (χ0n) is 28.7. The minimum atomic E-state index is -3.07. The van der Waals surface area contributed by atoms with E-state index < -0.39 is 41.8 Å². The van der Waals surface area contributed by atoms with Crippen molar-refractivity contribution in [1.82, 2.24) is 24.7 Å². The highest BCUT2D eigenvalue weighted by Crippen LogP contribution is 2.41. The quantitative estimate of drug-likeness (QED) is 0.244. The highest BCUT2D eigenvalue weighted by Gasteiger charge is 2.50. The number of carbonyl (C=O) groups is 1. The lowest BCUT2D eigenvalue weighted by molar-refractivity contribution is -0.228. The van der Waals surface area contributed by atoms with Gasteiger partial charge in [-0.2, -0.15) is 5.10 Å². The lowest BCUT2D eigenvalue weighted by atomic mass is 9.90. The van der Waals surface area contributed by atoms with E-state index in [2.05, 4.69) is 36.8 Å². The third-order valence-electron chi connectivity index (χ3n) is 10.1. The van der Waals surface area contributed by atoms with E-state index in [1.807, 2.05) is 33.2 Å². The van der Waals surface area contributed by atoms with Gasteiger partial charge in [0.05, 0.1) is 43.7 Å². The number of nitrogens with zero attached hydrogens (tertiary/aromatic N) is 7. The number of benzene rings is 1. The first-order chi connectivity index (χ1) is 24.9. The molecule has 13 nitrogen and oxygen atoms in total. The number of aryl methyl sites for hydroxylation is 3. The van der Waals surface area contributed by atoms with Gasteiger partial charge in [-0.1, -0.05) is 11.8 Å². The van der Waals surface area contributed by atoms with Crippen LogP contribution in [0.2, 0.25) is 0 Å². The first kappa shape index (κ1) is 33.7. The number of hydrogen-bond donors (Lipinski definition) is 1. The maximum Gasteiger partial charge on any atom is 0.326 e. The lowest BCUT2D eigenvalue weighted by Gasteiger charge is -2.53. The smallest absolute Gasteiger partial charge is 0.326 e. The van der Waals surface area contributed by atoms with E-state index in [-0.39, 0.29) is 53.0 Å². The summed E-state index contributed by atoms with van der Waals surface area (Å²) in [4.78, 5) is 29.0. The SMILES string of the molecule is Cc1nn(C)cc1C#Cc1cnc(O[C@H]2C[C@@H](C(=O)O)N(c3nc(C(F)F)nc4c3oc3c(C)c(F)ccc34)C2)c(N2CCOC3(COC3)[C@@H]2C)c1. The van der Waals surface area contributed by atoms with E-state index in [9.17, 15) is 23.1 Å². The summed E-state index contributed by atoms with van der Waals surface area (Å²) < 4.78 is 68.7. The van der Waals surface area contributed by atoms with Crippen molar-refractivity contribution >= 4 is 39.5 Å². The van der Waals surface area contributed by atoms with E-state index in [0.29, 0.717) is 43.0 Å². The van der Waals surface area contributed by atoms with Gasteiger partial charge in [-0.15, -0.1) is 0 Å². The van der Waals surface area contributed by atoms with Crippen LogP contribution in [0, 0.1) is 31.5 Å². The van der Waals surface area contributed by atoms with Crippen LogP contribution in [-0.4, -0.2) is 92.5 Å². The third kappa shape index (κ3) is 5.64. The number of ether oxygens (including phenoxy) is 3. The Bertz CT molecular complexity index is 2290. The Balaban J connectivity index is 1.17. The van der Waals surface area contributed by atoms with Crippen molar-refractivity contribution in [3.63, 3.8) is 0 Å². The normalized spacial score (nSPS) is 21.2. The average molecular weight is 718 g/mol. The second-order valence-electron chi connectivity index (χ2n) is 13.4. The van der Waals surface area contributed by atoms with Crippen LogP contribution in [0.25, 0.3) is 22.1 Å². The molecule has 3 atom stereocenters. The zero-order chi connectivity index (χ0) is 36.5. The minimum Gasteiger partial charge on any atom is -0.480 e. The van der Waals surface area contributed by atoms with Gasteiger partial charge in [0.1, 0.15) is 40.4 Å². The van der Waals surface area contributed by atoms with Crippen LogP contribution in [-0.2, 0) is 21.3 Å². The molecule has 0 saturated carbocycles. The van der Waals surface area contributed by atoms with Crippen LogP contribution in [0.4, 0.5) is 24.7 Å². The van der Waals surface area contributed by atoms with Gasteiger partial charge in [0.2, 0.25) is 5.88 Å². The molecule has 3 saturated heterocycles. The molecule has 52 heavy (non-hydrogen) atoms. The second kappa shape index (κ2) is 12.7. The molecular formula is C36H34F3N7O6. The molecule has 1 aromatic carbocycles. The van der Waals surface area contributed by atoms with Crippen LogP contribution in [0.5, 0.6) is 5.88 Å². The average Bonchev–Trinajstić information content (AvgIpc) is 3.79. The van der Waals surface area contributed by atoms with Gasteiger partial charge >= 0.3 is 5.97 Å². The molecule has 8 rings (SSSR count). The van der Waals surface area contributed by atoms with Crippen LogP contribution in [0.1, 0.15) is 48.0 Å². The summed E-state index contributed by atoms with van der Waals surface area (Å²) >= 11 is 0. The van der Waals surface area contributed by atoms with Crippen molar-refractivity contribution in [2.24, 2.45) is 7.05 Å². The van der Waals surface area contributed by atoms with Crippen LogP contribution < -0.4 is 14.5 Å². The Morgan fingerprint density at radius 2 is 1.96 bits per heavy atom. The molecule has 4 aromatic heterocycles. The fraction of sp³-hybridized carbons (Fsp3) is 0.417. The van der Waals surface area contributed by atoms with Crippen molar-refractivity contribution in [3.8, 4) is 17.7 Å². The first-order valence-corrected chi connectivity index (χ1v) is 16.8. The summed E-state index contributed by atoms with van der Waals surface area (Å²) in [7, 11) is 1.83. The summed E-state index contributed by atoms with van der Waals surface area (Å²) in [6.07, 6.45) is -0.432. The van der Waals surface area contributed by atoms with Gasteiger partial charge in [0, 0.05) is 48.9 Å². The molecule has 1 N–H and O–H groups in total. The molecule has 270 valence electrons. The topological polar surface area (TPSA) is 141 Å². The summed E-state index contributed by atoms with van der Waals surface area (Å²) in [5, 5.41) is 15.0. The van der Waals surface area contributed by atoms with E-state index in [1.54, 1.807) is 10.9 Å². The van der Waals surface area contributed by atoms with E-state index >= 15 is 0 Å². The molecule has 5 aromatic rings. The fourth-order valence-corrected chi connectivity index (χ4v) is 7.19. The summed E-state index contributed by atoms with van der Waals surface area (Å²) in [5.41, 5.74) is 2.61. The lowest BCUT2D eigenvalue weighted by Crippen LogP contribution is -2.68. The molecule has 7 heterocycles. The van der Waals surface area contributed by atoms with Gasteiger partial charge in [-0.25, -0.2) is 32.9 Å². The number of aromatic nitrogens is 5. The number of anilines is 2. The Hall–Kier alpha value is -5.40. The zero-order valence-corrected chi connectivity index (χ0v) is 28.7. The number of hydrogen-bond acceptors (Lipinski definition) is 11. The van der Waals surface area contributed by atoms with E-state index in [0.717, 1.165) is 11.3 Å². The standard InChI is InChI=1S/C36H34F3N7O6/c1-18-25(37)8-7-24-28-30(52-29(18)24)33(42-32(41-28)31(38)39)46-15-23(12-27(46)35(47)48)51-34-26(45-9-10-50-36(20(45)3)16-49-17-36)11-21(13-40-34)5-6-22-14-44(4)43-19(22)2/h7-8,11,13-14,20,23,27,31H,9-10,12,15-17H2,1-4H3,(H,47,48)/t20-,23-,27-/m0/s1. The Labute approximate surface area is 295 Å². The van der Waals surface area contributed by atoms with Gasteiger partial charge in [0.15, 0.2) is 17.2 Å². The van der Waals surface area contributed by atoms with E-state index in [1.165, 1.54) is 24.0 Å². The Morgan fingerprint density at radius 1 is 1.15 bits per heavy atom. The highest BCUT2D eigenvalue weighted by atomic mass is 19.3. The minimum absolute atomic E-state index is 0.0271. The molecule has 3 aliphatic heterocycles. The number of morpholine rings is 1. The molecule has 0 radical (unpaired) electrons. The van der Waals surface area contributed by atoms with Crippen molar-refractivity contribution in [1.29, 1.82) is 0 Å². The van der Waals surface area contributed by atoms with Crippen molar-refractivity contribution in [3.05, 3.63) is 64.6 Å². The largest absolute Gasteiger partial charge is 0.480 e. The van der Waals surface area contributed by atoms with Gasteiger partial charge in [0.25, 0.3) is 6.43 Å². The number of carboxylic acids is 1. The first-order valence-electron chi connectivity index (χ1n) is 16.8. The molecule has 3 aliphatic rings. The molecule has 0 unspecified atom stereocenters. The van der Waals surface area contributed by atoms with Crippen molar-refractivity contribution in [2.75, 3.05) is 42.7 Å². The summed E-state index contributed by atoms with van der Waals surface area (Å²) in [6.45, 7) is 7.20. The predicted molar refractivity (Wildman–Crippen MR) is 181 cm³/mol. The Kier molecular flexibility index (Phi) is 8.22. The number of rotatable bonds is 6. The van der Waals surface area contributed by atoms with Crippen LogP contribution in [0.15, 0.2) is 35.0 Å². The number of furan rings is 1. The fourth-order valence-electron chi connectivity index (χ4n) is 7.19. The number of fused-ring (bicyclic) bond motifs is 3. The number of carboxylic acid groups (broad SMARTS) is 1. The number of alkyl halides is 2. The van der Waals surface area contributed by atoms with Gasteiger partial charge in [-0.3, -0.25) is 4.68 Å². The molecule has 0 bridgehead atoms. The van der Waals surface area contributed by atoms with Crippen LogP contribution >= 0.6 is 0 Å². The van der Waals surface area contributed by atoms with Crippen LogP contribution in [0.3, 0.4) is 0 Å². The molecule has 0 amide bonds. The highest BCUT2D eigenvalue weighted by molar-refractivity contribution is 6.07. The van der Waals surface area contributed by atoms with Gasteiger partial charge in [-0.05, 0) is 39.0 Å². The second-order valence-corrected chi connectivity index (χ2v) is 13.4. The third-order valence-corrected chi connectivity index (χ3v) is 10.1. The maximum absolute atomic E-state index is 14.5. The monoisotopic (exact) mass is 717 g/mol. The molecule has 0 aliphatic carbocycles. The molecule has 3 fully saturated rings. The van der Waals surface area contributed by atoms with Gasteiger partial charge < -0.3 is 33.5 Å². The number of aliphatic carboxylic acids is 1. The predicted octanol–water partition coefficient (Wildman–Crippen LogP) is 4.70. The maximum atomic E-state index is 14.5. The Morgan fingerprint density at radius 3 is 2.65 bits per heavy atom.